The molecule has 1 rings (SSSR count). The summed E-state index contributed by atoms with van der Waals surface area (Å²) in [5.41, 5.74) is 6.36. The van der Waals surface area contributed by atoms with Crippen LogP contribution in [0.3, 0.4) is 0 Å². The first-order chi connectivity index (χ1) is 8.01. The maximum absolute atomic E-state index is 11.3. The summed E-state index contributed by atoms with van der Waals surface area (Å²) in [5.74, 6) is -0.128. The lowest BCUT2D eigenvalue weighted by atomic mass is 10.2. The highest BCUT2D eigenvalue weighted by atomic mass is 32.1. The number of methoxy groups -OCH3 is 1. The van der Waals surface area contributed by atoms with Gasteiger partial charge in [-0.25, -0.2) is 0 Å². The Morgan fingerprint density at radius 2 is 2.35 bits per heavy atom. The number of hydrogen-bond donors (Lipinski definition) is 2. The number of nitrogens with one attached hydrogen (secondary N) is 1. The zero-order chi connectivity index (χ0) is 13.0. The van der Waals surface area contributed by atoms with E-state index in [9.17, 15) is 4.79 Å². The van der Waals surface area contributed by atoms with Gasteiger partial charge < -0.3 is 15.8 Å². The van der Waals surface area contributed by atoms with E-state index in [1.807, 2.05) is 13.0 Å². The zero-order valence-electron chi connectivity index (χ0n) is 10.0. The van der Waals surface area contributed by atoms with Gasteiger partial charge >= 0.3 is 0 Å². The summed E-state index contributed by atoms with van der Waals surface area (Å²) in [6, 6.07) is 2.06. The molecule has 0 spiro atoms. The maximum Gasteiger partial charge on any atom is 0.171 e. The van der Waals surface area contributed by atoms with Crippen LogP contribution in [-0.4, -0.2) is 25.5 Å². The number of carbonyl (C=O) groups is 1. The number of Topliss-reactive ketones (excluding diaryl/α,β-unsaturated/α-hetero) is 1. The Bertz CT molecular complexity index is 462. The van der Waals surface area contributed by atoms with Crippen LogP contribution in [0, 0.1) is 11.3 Å². The number of nitrogens with two attached hydrogens (primary N) is 1. The van der Waals surface area contributed by atoms with E-state index in [0.717, 1.165) is 0 Å². The molecule has 0 bridgehead atoms. The van der Waals surface area contributed by atoms with E-state index in [-0.39, 0.29) is 17.5 Å². The first-order valence-corrected chi connectivity index (χ1v) is 5.91. The van der Waals surface area contributed by atoms with Crippen molar-refractivity contribution in [2.45, 2.75) is 19.9 Å². The molecule has 5 nitrogen and oxygen atoms in total. The number of nitriles is 1. The van der Waals surface area contributed by atoms with Gasteiger partial charge in [0.1, 0.15) is 16.6 Å². The van der Waals surface area contributed by atoms with Crippen molar-refractivity contribution in [1.29, 1.82) is 5.26 Å². The minimum atomic E-state index is -0.128. The van der Waals surface area contributed by atoms with Crippen molar-refractivity contribution >= 4 is 27.8 Å². The van der Waals surface area contributed by atoms with Gasteiger partial charge in [-0.2, -0.15) is 5.26 Å². The van der Waals surface area contributed by atoms with E-state index in [2.05, 4.69) is 5.32 Å². The van der Waals surface area contributed by atoms with Gasteiger partial charge in [-0.15, -0.1) is 11.3 Å². The fourth-order valence-corrected chi connectivity index (χ4v) is 2.51. The zero-order valence-corrected chi connectivity index (χ0v) is 10.9. The Morgan fingerprint density at radius 3 is 2.82 bits per heavy atom. The van der Waals surface area contributed by atoms with Crippen molar-refractivity contribution in [2.24, 2.45) is 0 Å². The summed E-state index contributed by atoms with van der Waals surface area (Å²) in [7, 11) is 1.60. The summed E-state index contributed by atoms with van der Waals surface area (Å²) in [6.45, 7) is 3.87. The number of nitrogens with zero attached hydrogens (tertiary/aromatic N) is 1. The molecular weight excluding hydrogens is 238 g/mol. The van der Waals surface area contributed by atoms with Crippen molar-refractivity contribution in [3.8, 4) is 6.07 Å². The Balaban J connectivity index is 3.04. The molecule has 1 heterocycles. The molecule has 1 aromatic heterocycles. The van der Waals surface area contributed by atoms with Gasteiger partial charge in [0.05, 0.1) is 17.2 Å². The SMILES string of the molecule is COCC(C)Nc1sc(C(C)=O)c(N)c1C#N. The van der Waals surface area contributed by atoms with Gasteiger partial charge in [-0.3, -0.25) is 4.79 Å². The van der Waals surface area contributed by atoms with Gasteiger partial charge in [0.2, 0.25) is 0 Å². The largest absolute Gasteiger partial charge is 0.396 e. The third kappa shape index (κ3) is 2.96. The van der Waals surface area contributed by atoms with Crippen LogP contribution in [-0.2, 0) is 4.74 Å². The lowest BCUT2D eigenvalue weighted by Crippen LogP contribution is -2.20. The lowest BCUT2D eigenvalue weighted by Gasteiger charge is -2.12. The average molecular weight is 253 g/mol. The Hall–Kier alpha value is -1.58. The monoisotopic (exact) mass is 253 g/mol. The molecule has 0 saturated carbocycles. The first kappa shape index (κ1) is 13.5. The van der Waals surface area contributed by atoms with Gasteiger partial charge in [-0.1, -0.05) is 0 Å². The molecular formula is C11H15N3O2S. The number of carbonyl (C=O) groups excluding carboxylic acids is 1. The molecule has 6 heteroatoms. The van der Waals surface area contributed by atoms with Crippen LogP contribution in [0.15, 0.2) is 0 Å². The van der Waals surface area contributed by atoms with Crippen LogP contribution in [0.1, 0.15) is 29.1 Å². The summed E-state index contributed by atoms with van der Waals surface area (Å²) in [5, 5.41) is 12.8. The van der Waals surface area contributed by atoms with Crippen molar-refractivity contribution in [3.05, 3.63) is 10.4 Å². The van der Waals surface area contributed by atoms with Crippen LogP contribution < -0.4 is 11.1 Å². The number of anilines is 2. The third-order valence-electron chi connectivity index (χ3n) is 2.17. The molecule has 1 unspecified atom stereocenters. The molecule has 0 saturated heterocycles. The first-order valence-electron chi connectivity index (χ1n) is 5.10. The molecule has 92 valence electrons. The fraction of sp³-hybridized carbons (Fsp3) is 0.455. The number of thiophene rings is 1. The predicted molar refractivity (Wildman–Crippen MR) is 68.4 cm³/mol. The fourth-order valence-electron chi connectivity index (χ4n) is 1.43. The number of ketones is 1. The van der Waals surface area contributed by atoms with E-state index in [1.165, 1.54) is 18.3 Å². The molecule has 1 aromatic rings. The highest BCUT2D eigenvalue weighted by Gasteiger charge is 2.19. The smallest absolute Gasteiger partial charge is 0.171 e. The van der Waals surface area contributed by atoms with E-state index < -0.39 is 0 Å². The molecule has 1 atom stereocenters. The van der Waals surface area contributed by atoms with E-state index in [4.69, 9.17) is 15.7 Å². The second kappa shape index (κ2) is 5.66. The van der Waals surface area contributed by atoms with Gasteiger partial charge in [0, 0.05) is 20.1 Å². The van der Waals surface area contributed by atoms with Gasteiger partial charge in [0.15, 0.2) is 5.78 Å². The Labute approximate surface area is 104 Å². The summed E-state index contributed by atoms with van der Waals surface area (Å²) >= 11 is 1.21. The topological polar surface area (TPSA) is 88.1 Å². The number of hydrogen-bond acceptors (Lipinski definition) is 6. The normalized spacial score (nSPS) is 11.9. The van der Waals surface area contributed by atoms with Crippen molar-refractivity contribution in [2.75, 3.05) is 24.8 Å². The lowest BCUT2D eigenvalue weighted by molar-refractivity contribution is 0.102. The minimum absolute atomic E-state index is 0.0463. The molecule has 0 aromatic carbocycles. The van der Waals surface area contributed by atoms with Crippen molar-refractivity contribution in [1.82, 2.24) is 0 Å². The molecule has 0 aliphatic rings. The van der Waals surface area contributed by atoms with Crippen molar-refractivity contribution in [3.63, 3.8) is 0 Å². The Morgan fingerprint density at radius 1 is 1.71 bits per heavy atom. The molecule has 17 heavy (non-hydrogen) atoms. The molecule has 0 aliphatic carbocycles. The van der Waals surface area contributed by atoms with Crippen LogP contribution >= 0.6 is 11.3 Å². The highest BCUT2D eigenvalue weighted by molar-refractivity contribution is 7.19. The molecule has 0 amide bonds. The Kier molecular flexibility index (Phi) is 4.49. The quantitative estimate of drug-likeness (QED) is 0.782. The second-order valence-electron chi connectivity index (χ2n) is 3.72. The van der Waals surface area contributed by atoms with Gasteiger partial charge in [-0.05, 0) is 6.92 Å². The molecule has 0 fully saturated rings. The average Bonchev–Trinajstić information content (AvgIpc) is 2.55. The predicted octanol–water partition coefficient (Wildman–Crippen LogP) is 1.85. The molecule has 0 aliphatic heterocycles. The second-order valence-corrected chi connectivity index (χ2v) is 4.74. The van der Waals surface area contributed by atoms with Crippen molar-refractivity contribution < 1.29 is 9.53 Å². The summed E-state index contributed by atoms with van der Waals surface area (Å²) in [4.78, 5) is 11.8. The van der Waals surface area contributed by atoms with Crippen LogP contribution in [0.5, 0.6) is 0 Å². The summed E-state index contributed by atoms with van der Waals surface area (Å²) < 4.78 is 4.99. The van der Waals surface area contributed by atoms with E-state index in [1.54, 1.807) is 7.11 Å². The molecule has 0 radical (unpaired) electrons. The number of nitrogen functional groups attached to an aromatic ring is 1. The number of ether oxygens (including phenoxy) is 1. The summed E-state index contributed by atoms with van der Waals surface area (Å²) in [6.07, 6.45) is 0. The van der Waals surface area contributed by atoms with Crippen LogP contribution in [0.4, 0.5) is 10.7 Å². The third-order valence-corrected chi connectivity index (χ3v) is 3.41. The molecule has 3 N–H and O–H groups in total. The van der Waals surface area contributed by atoms with E-state index >= 15 is 0 Å². The van der Waals surface area contributed by atoms with Gasteiger partial charge in [0.25, 0.3) is 0 Å². The number of rotatable bonds is 5. The highest BCUT2D eigenvalue weighted by Crippen LogP contribution is 2.35. The van der Waals surface area contributed by atoms with E-state index in [0.29, 0.717) is 22.0 Å². The maximum atomic E-state index is 11.3. The standard InChI is InChI=1S/C11H15N3O2S/c1-6(5-16-3)14-11-8(4-12)9(13)10(17-11)7(2)15/h6,14H,5,13H2,1-3H3. The minimum Gasteiger partial charge on any atom is -0.396 e. The van der Waals surface area contributed by atoms with Crippen LogP contribution in [0.25, 0.3) is 0 Å². The van der Waals surface area contributed by atoms with Crippen LogP contribution in [0.2, 0.25) is 0 Å².